The summed E-state index contributed by atoms with van der Waals surface area (Å²) >= 11 is 1.86. The number of anilines is 1. The van der Waals surface area contributed by atoms with E-state index in [-0.39, 0.29) is 0 Å². The van der Waals surface area contributed by atoms with Crippen molar-refractivity contribution in [3.05, 3.63) is 119 Å². The molecule has 0 bridgehead atoms. The molecule has 0 aliphatic carbocycles. The van der Waals surface area contributed by atoms with Gasteiger partial charge in [-0.25, -0.2) is 0 Å². The Bertz CT molecular complexity index is 1290. The zero-order chi connectivity index (χ0) is 21.8. The van der Waals surface area contributed by atoms with Gasteiger partial charge in [0.25, 0.3) is 0 Å². The zero-order valence-corrected chi connectivity index (χ0v) is 19.1. The first-order valence-corrected chi connectivity index (χ1v) is 12.0. The molecule has 4 aromatic rings. The summed E-state index contributed by atoms with van der Waals surface area (Å²) in [5.74, 6) is 0. The van der Waals surface area contributed by atoms with Crippen molar-refractivity contribution in [3.63, 3.8) is 0 Å². The fraction of sp³-hybridized carbons (Fsp3) is 0.138. The Morgan fingerprint density at radius 3 is 2.50 bits per heavy atom. The Hall–Kier alpha value is -3.30. The number of aromatic nitrogens is 1. The van der Waals surface area contributed by atoms with E-state index in [2.05, 4.69) is 126 Å². The molecule has 3 aromatic carbocycles. The molecule has 0 saturated carbocycles. The highest BCUT2D eigenvalue weighted by Gasteiger charge is 2.24. The molecule has 158 valence electrons. The second-order valence-electron chi connectivity index (χ2n) is 7.88. The minimum atomic E-state index is 0.945. The van der Waals surface area contributed by atoms with Crippen LogP contribution in [-0.4, -0.2) is 6.54 Å². The molecule has 0 N–H and O–H groups in total. The number of hydrogen-bond donors (Lipinski definition) is 0. The highest BCUT2D eigenvalue weighted by atomic mass is 32.2. The second kappa shape index (κ2) is 9.46. The lowest BCUT2D eigenvalue weighted by atomic mass is 10.1. The van der Waals surface area contributed by atoms with E-state index in [0.29, 0.717) is 0 Å². The van der Waals surface area contributed by atoms with Gasteiger partial charge in [0.15, 0.2) is 0 Å². The Kier molecular flexibility index (Phi) is 6.09. The van der Waals surface area contributed by atoms with Gasteiger partial charge in [0.05, 0.1) is 10.7 Å². The lowest BCUT2D eigenvalue weighted by Crippen LogP contribution is -2.36. The van der Waals surface area contributed by atoms with E-state index < -0.39 is 0 Å². The van der Waals surface area contributed by atoms with Gasteiger partial charge in [-0.05, 0) is 49.2 Å². The van der Waals surface area contributed by atoms with Crippen molar-refractivity contribution in [1.29, 1.82) is 0 Å². The number of allylic oxidation sites excluding steroid dienone is 2. The van der Waals surface area contributed by atoms with Gasteiger partial charge in [0, 0.05) is 35.0 Å². The van der Waals surface area contributed by atoms with Crippen molar-refractivity contribution in [2.45, 2.75) is 24.8 Å². The maximum absolute atomic E-state index is 2.45. The van der Waals surface area contributed by atoms with Crippen LogP contribution in [0.1, 0.15) is 18.2 Å². The van der Waals surface area contributed by atoms with Gasteiger partial charge >= 0.3 is 0 Å². The summed E-state index contributed by atoms with van der Waals surface area (Å²) in [6.07, 6.45) is 7.70. The van der Waals surface area contributed by atoms with Crippen LogP contribution < -0.4 is 9.47 Å². The van der Waals surface area contributed by atoms with Crippen LogP contribution in [0, 0.1) is 0 Å². The molecule has 1 aliphatic heterocycles. The van der Waals surface area contributed by atoms with E-state index in [0.717, 1.165) is 19.5 Å². The van der Waals surface area contributed by atoms with E-state index in [9.17, 15) is 0 Å². The van der Waals surface area contributed by atoms with Crippen LogP contribution in [0.3, 0.4) is 0 Å². The Morgan fingerprint density at radius 1 is 0.844 bits per heavy atom. The lowest BCUT2D eigenvalue weighted by Gasteiger charge is -2.20. The van der Waals surface area contributed by atoms with Crippen molar-refractivity contribution >= 4 is 34.4 Å². The molecule has 0 amide bonds. The molecule has 0 radical (unpaired) electrons. The molecule has 1 aromatic heterocycles. The number of thioether (sulfide) groups is 1. The number of rotatable bonds is 6. The van der Waals surface area contributed by atoms with Crippen molar-refractivity contribution < 1.29 is 4.57 Å². The summed E-state index contributed by atoms with van der Waals surface area (Å²) in [6.45, 7) is 4.12. The Balaban J connectivity index is 1.42. The number of aryl methyl sites for hydroxylation is 1. The number of benzene rings is 3. The number of para-hydroxylation sites is 2. The molecular weight excluding hydrogens is 408 g/mol. The van der Waals surface area contributed by atoms with Crippen LogP contribution >= 0.6 is 11.8 Å². The number of nitrogens with zero attached hydrogens (tertiary/aromatic N) is 2. The first-order valence-electron chi connectivity index (χ1n) is 11.2. The van der Waals surface area contributed by atoms with Gasteiger partial charge in [-0.2, -0.15) is 4.57 Å². The molecule has 1 aliphatic rings. The summed E-state index contributed by atoms with van der Waals surface area (Å²) in [4.78, 5) is 3.78. The van der Waals surface area contributed by atoms with E-state index in [4.69, 9.17) is 0 Å². The Labute approximate surface area is 194 Å². The highest BCUT2D eigenvalue weighted by Crippen LogP contribution is 2.45. The minimum absolute atomic E-state index is 0.945. The van der Waals surface area contributed by atoms with Gasteiger partial charge in [0.2, 0.25) is 11.2 Å². The van der Waals surface area contributed by atoms with Crippen molar-refractivity contribution in [1.82, 2.24) is 0 Å². The summed E-state index contributed by atoms with van der Waals surface area (Å²) in [7, 11) is 0. The molecular formula is C29H27N2S+. The summed E-state index contributed by atoms with van der Waals surface area (Å²) < 4.78 is 2.37. The largest absolute Gasteiger partial charge is 0.335 e. The van der Waals surface area contributed by atoms with Gasteiger partial charge in [-0.15, -0.1) is 0 Å². The third kappa shape index (κ3) is 4.21. The number of fused-ring (bicyclic) bond motifs is 2. The SMILES string of the molecule is CC[n+]1c(C=CC=C2Sc3ccccc3N2CCc2ccccc2)ccc2ccccc21. The average molecular weight is 436 g/mol. The molecule has 0 spiro atoms. The van der Waals surface area contributed by atoms with Crippen LogP contribution in [0.2, 0.25) is 0 Å². The molecule has 2 nitrogen and oxygen atoms in total. The summed E-state index contributed by atoms with van der Waals surface area (Å²) in [6, 6.07) is 32.4. The smallest absolute Gasteiger partial charge is 0.212 e. The predicted molar refractivity (Wildman–Crippen MR) is 137 cm³/mol. The van der Waals surface area contributed by atoms with Crippen LogP contribution in [0.15, 0.2) is 113 Å². The monoisotopic (exact) mass is 435 g/mol. The van der Waals surface area contributed by atoms with Crippen LogP contribution in [0.4, 0.5) is 5.69 Å². The van der Waals surface area contributed by atoms with Crippen molar-refractivity contribution in [3.8, 4) is 0 Å². The predicted octanol–water partition coefficient (Wildman–Crippen LogP) is 6.86. The first kappa shape index (κ1) is 20.6. The fourth-order valence-electron chi connectivity index (χ4n) is 4.30. The normalized spacial score (nSPS) is 14.5. The van der Waals surface area contributed by atoms with Gasteiger partial charge in [0.1, 0.15) is 6.54 Å². The maximum atomic E-state index is 2.45. The van der Waals surface area contributed by atoms with Gasteiger partial charge < -0.3 is 4.90 Å². The molecule has 3 heteroatoms. The molecule has 5 rings (SSSR count). The van der Waals surface area contributed by atoms with Crippen LogP contribution in [0.5, 0.6) is 0 Å². The summed E-state index contributed by atoms with van der Waals surface area (Å²) in [5.41, 5.74) is 5.18. The van der Waals surface area contributed by atoms with E-state index >= 15 is 0 Å². The number of pyridine rings is 1. The second-order valence-corrected chi connectivity index (χ2v) is 8.94. The molecule has 0 unspecified atom stereocenters. The number of hydrogen-bond acceptors (Lipinski definition) is 2. The standard InChI is InChI=1S/C29H27N2S/c1-2-30-25(20-19-24-13-6-7-15-26(24)30)14-10-18-29-31(22-21-23-11-4-3-5-12-23)27-16-8-9-17-28(27)32-29/h3-20H,2,21-22H2,1H3/q+1. The first-order chi connectivity index (χ1) is 15.8. The maximum Gasteiger partial charge on any atom is 0.212 e. The third-order valence-electron chi connectivity index (χ3n) is 5.90. The van der Waals surface area contributed by atoms with E-state index in [1.807, 2.05) is 11.8 Å². The van der Waals surface area contributed by atoms with Crippen LogP contribution in [-0.2, 0) is 13.0 Å². The van der Waals surface area contributed by atoms with Gasteiger partial charge in [-0.3, -0.25) is 0 Å². The van der Waals surface area contributed by atoms with Crippen molar-refractivity contribution in [2.75, 3.05) is 11.4 Å². The molecule has 32 heavy (non-hydrogen) atoms. The molecule has 0 atom stereocenters. The average Bonchev–Trinajstić information content (AvgIpc) is 3.20. The quantitative estimate of drug-likeness (QED) is 0.306. The minimum Gasteiger partial charge on any atom is -0.335 e. The zero-order valence-electron chi connectivity index (χ0n) is 18.3. The molecule has 2 heterocycles. The van der Waals surface area contributed by atoms with E-state index in [1.54, 1.807) is 0 Å². The van der Waals surface area contributed by atoms with E-state index in [1.165, 1.54) is 37.8 Å². The topological polar surface area (TPSA) is 7.12 Å². The molecule has 0 saturated heterocycles. The van der Waals surface area contributed by atoms with Crippen molar-refractivity contribution in [2.24, 2.45) is 0 Å². The Morgan fingerprint density at radius 2 is 1.62 bits per heavy atom. The fourth-order valence-corrected chi connectivity index (χ4v) is 5.40. The van der Waals surface area contributed by atoms with Crippen LogP contribution in [0.25, 0.3) is 17.0 Å². The molecule has 0 fully saturated rings. The summed E-state index contributed by atoms with van der Waals surface area (Å²) in [5, 5.41) is 2.56. The third-order valence-corrected chi connectivity index (χ3v) is 7.03. The lowest BCUT2D eigenvalue weighted by molar-refractivity contribution is -0.669. The van der Waals surface area contributed by atoms with Gasteiger partial charge in [-0.1, -0.05) is 72.4 Å². The highest BCUT2D eigenvalue weighted by molar-refractivity contribution is 8.03.